The number of nitrogens with two attached hydrogens (primary N) is 1. The van der Waals surface area contributed by atoms with Gasteiger partial charge >= 0.3 is 6.09 Å². The molecule has 1 fully saturated rings. The summed E-state index contributed by atoms with van der Waals surface area (Å²) >= 11 is 0. The molecule has 0 spiro atoms. The summed E-state index contributed by atoms with van der Waals surface area (Å²) in [6.07, 6.45) is 2.43. The van der Waals surface area contributed by atoms with Crippen molar-refractivity contribution in [3.05, 3.63) is 12.7 Å². The van der Waals surface area contributed by atoms with E-state index in [1.807, 2.05) is 0 Å². The zero-order valence-corrected chi connectivity index (χ0v) is 13.3. The number of ether oxygens (including phenoxy) is 1. The number of rotatable bonds is 6. The average Bonchev–Trinajstić information content (AvgIpc) is 2.67. The van der Waals surface area contributed by atoms with Gasteiger partial charge in [0.05, 0.1) is 0 Å². The second kappa shape index (κ2) is 7.29. The van der Waals surface area contributed by atoms with Crippen LogP contribution in [0, 0.1) is 5.92 Å². The Morgan fingerprint density at radius 2 is 2.18 bits per heavy atom. The lowest BCUT2D eigenvalue weighted by atomic mass is 9.95. The summed E-state index contributed by atoms with van der Waals surface area (Å²) in [6, 6.07) is -0.918. The van der Waals surface area contributed by atoms with E-state index in [0.29, 0.717) is 12.8 Å². The van der Waals surface area contributed by atoms with Crippen LogP contribution in [0.25, 0.3) is 0 Å². The van der Waals surface area contributed by atoms with Gasteiger partial charge in [0.1, 0.15) is 11.6 Å². The SMILES string of the molecule is C=CC[C@@H]1C[C@@H](C[C@H](NC(=O)OC(C)(C)C)C(N)=O)C(=O)N1. The van der Waals surface area contributed by atoms with Crippen LogP contribution in [0.4, 0.5) is 4.79 Å². The molecule has 0 saturated carbocycles. The lowest BCUT2D eigenvalue weighted by molar-refractivity contribution is -0.124. The van der Waals surface area contributed by atoms with E-state index in [1.54, 1.807) is 26.8 Å². The molecule has 0 aliphatic carbocycles. The minimum Gasteiger partial charge on any atom is -0.444 e. The van der Waals surface area contributed by atoms with Crippen molar-refractivity contribution in [2.24, 2.45) is 11.7 Å². The van der Waals surface area contributed by atoms with Crippen LogP contribution in [0.5, 0.6) is 0 Å². The van der Waals surface area contributed by atoms with Gasteiger partial charge in [0.2, 0.25) is 11.8 Å². The highest BCUT2D eigenvalue weighted by atomic mass is 16.6. The Morgan fingerprint density at radius 1 is 1.55 bits per heavy atom. The quantitative estimate of drug-likeness (QED) is 0.631. The number of amides is 3. The monoisotopic (exact) mass is 311 g/mol. The third-order valence-corrected chi connectivity index (χ3v) is 3.29. The predicted molar refractivity (Wildman–Crippen MR) is 81.8 cm³/mol. The van der Waals surface area contributed by atoms with Crippen LogP contribution in [0.1, 0.15) is 40.0 Å². The maximum absolute atomic E-state index is 11.9. The Hall–Kier alpha value is -2.05. The Labute approximate surface area is 130 Å². The smallest absolute Gasteiger partial charge is 0.408 e. The van der Waals surface area contributed by atoms with Crippen LogP contribution >= 0.6 is 0 Å². The second-order valence-electron chi connectivity index (χ2n) is 6.50. The molecule has 124 valence electrons. The molecule has 0 aromatic carbocycles. The van der Waals surface area contributed by atoms with E-state index >= 15 is 0 Å². The molecule has 7 nitrogen and oxygen atoms in total. The highest BCUT2D eigenvalue weighted by molar-refractivity contribution is 5.86. The van der Waals surface area contributed by atoms with Gasteiger partial charge in [0, 0.05) is 12.0 Å². The van der Waals surface area contributed by atoms with Crippen LogP contribution in [0.15, 0.2) is 12.7 Å². The van der Waals surface area contributed by atoms with E-state index in [2.05, 4.69) is 17.2 Å². The lowest BCUT2D eigenvalue weighted by Gasteiger charge is -2.23. The molecule has 1 heterocycles. The van der Waals surface area contributed by atoms with E-state index in [4.69, 9.17) is 10.5 Å². The van der Waals surface area contributed by atoms with Gasteiger partial charge in [0.25, 0.3) is 0 Å². The summed E-state index contributed by atoms with van der Waals surface area (Å²) in [4.78, 5) is 35.1. The van der Waals surface area contributed by atoms with Gasteiger partial charge in [0.15, 0.2) is 0 Å². The number of carbonyl (C=O) groups excluding carboxylic acids is 3. The first-order valence-corrected chi connectivity index (χ1v) is 7.32. The number of primary amides is 1. The molecule has 1 aliphatic heterocycles. The molecule has 22 heavy (non-hydrogen) atoms. The van der Waals surface area contributed by atoms with Crippen LogP contribution in [0.3, 0.4) is 0 Å². The number of alkyl carbamates (subject to hydrolysis) is 1. The number of hydrogen-bond acceptors (Lipinski definition) is 4. The number of carbonyl (C=O) groups is 3. The Kier molecular flexibility index (Phi) is 5.96. The molecule has 3 amide bonds. The number of hydrogen-bond donors (Lipinski definition) is 3. The first kappa shape index (κ1) is 18.0. The molecule has 0 bridgehead atoms. The van der Waals surface area contributed by atoms with Gasteiger partial charge in [-0.05, 0) is 40.0 Å². The molecule has 0 aromatic rings. The molecule has 0 aromatic heterocycles. The largest absolute Gasteiger partial charge is 0.444 e. The Morgan fingerprint density at radius 3 is 2.68 bits per heavy atom. The molecule has 1 saturated heterocycles. The predicted octanol–water partition coefficient (Wildman–Crippen LogP) is 0.836. The normalized spacial score (nSPS) is 22.6. The standard InChI is InChI=1S/C15H25N3O4/c1-5-6-10-7-9(13(20)17-10)8-11(12(16)19)18-14(21)22-15(2,3)4/h5,9-11H,1,6-8H2,2-4H3,(H2,16,19)(H,17,20)(H,18,21)/t9-,10+,11-/m0/s1. The van der Waals surface area contributed by atoms with Crippen molar-refractivity contribution in [2.75, 3.05) is 0 Å². The highest BCUT2D eigenvalue weighted by Crippen LogP contribution is 2.22. The van der Waals surface area contributed by atoms with Crippen LogP contribution < -0.4 is 16.4 Å². The minimum atomic E-state index is -0.937. The van der Waals surface area contributed by atoms with Crippen molar-refractivity contribution in [1.29, 1.82) is 0 Å². The van der Waals surface area contributed by atoms with E-state index < -0.39 is 23.6 Å². The molecule has 4 N–H and O–H groups in total. The van der Waals surface area contributed by atoms with Crippen molar-refractivity contribution >= 4 is 17.9 Å². The van der Waals surface area contributed by atoms with Crippen molar-refractivity contribution in [1.82, 2.24) is 10.6 Å². The summed E-state index contributed by atoms with van der Waals surface area (Å²) in [5.41, 5.74) is 4.63. The van der Waals surface area contributed by atoms with Gasteiger partial charge in [-0.2, -0.15) is 0 Å². The van der Waals surface area contributed by atoms with E-state index in [-0.39, 0.29) is 24.3 Å². The maximum atomic E-state index is 11.9. The molecular weight excluding hydrogens is 286 g/mol. The van der Waals surface area contributed by atoms with Gasteiger partial charge in [-0.25, -0.2) is 4.79 Å². The zero-order chi connectivity index (χ0) is 16.9. The van der Waals surface area contributed by atoms with E-state index in [9.17, 15) is 14.4 Å². The fourth-order valence-corrected chi connectivity index (χ4v) is 2.37. The molecule has 1 aliphatic rings. The molecule has 3 atom stereocenters. The van der Waals surface area contributed by atoms with E-state index in [1.165, 1.54) is 0 Å². The average molecular weight is 311 g/mol. The fourth-order valence-electron chi connectivity index (χ4n) is 2.37. The van der Waals surface area contributed by atoms with Crippen LogP contribution in [-0.4, -0.2) is 35.6 Å². The van der Waals surface area contributed by atoms with E-state index in [0.717, 1.165) is 0 Å². The zero-order valence-electron chi connectivity index (χ0n) is 13.3. The fraction of sp³-hybridized carbons (Fsp3) is 0.667. The highest BCUT2D eigenvalue weighted by Gasteiger charge is 2.35. The van der Waals surface area contributed by atoms with Crippen LogP contribution in [0.2, 0.25) is 0 Å². The summed E-state index contributed by atoms with van der Waals surface area (Å²) in [5, 5.41) is 5.27. The molecule has 7 heteroatoms. The third kappa shape index (κ3) is 5.75. The van der Waals surface area contributed by atoms with Gasteiger partial charge in [-0.3, -0.25) is 9.59 Å². The summed E-state index contributed by atoms with van der Waals surface area (Å²) in [5.74, 6) is -1.19. The van der Waals surface area contributed by atoms with Crippen molar-refractivity contribution in [2.45, 2.75) is 57.7 Å². The maximum Gasteiger partial charge on any atom is 0.408 e. The Balaban J connectivity index is 2.61. The van der Waals surface area contributed by atoms with Crippen molar-refractivity contribution in [3.63, 3.8) is 0 Å². The summed E-state index contributed by atoms with van der Waals surface area (Å²) in [7, 11) is 0. The first-order chi connectivity index (χ1) is 10.1. The first-order valence-electron chi connectivity index (χ1n) is 7.32. The molecule has 0 unspecified atom stereocenters. The lowest BCUT2D eigenvalue weighted by Crippen LogP contribution is -2.47. The third-order valence-electron chi connectivity index (χ3n) is 3.29. The van der Waals surface area contributed by atoms with Gasteiger partial charge in [-0.15, -0.1) is 6.58 Å². The Bertz CT molecular complexity index is 456. The summed E-state index contributed by atoms with van der Waals surface area (Å²) < 4.78 is 5.10. The minimum absolute atomic E-state index is 0.0186. The number of nitrogens with one attached hydrogen (secondary N) is 2. The molecule has 1 rings (SSSR count). The van der Waals surface area contributed by atoms with Crippen molar-refractivity contribution < 1.29 is 19.1 Å². The van der Waals surface area contributed by atoms with Crippen LogP contribution in [-0.2, 0) is 14.3 Å². The molecule has 0 radical (unpaired) electrons. The van der Waals surface area contributed by atoms with Crippen molar-refractivity contribution in [3.8, 4) is 0 Å². The second-order valence-corrected chi connectivity index (χ2v) is 6.50. The summed E-state index contributed by atoms with van der Waals surface area (Å²) in [6.45, 7) is 8.79. The molecular formula is C15H25N3O4. The topological polar surface area (TPSA) is 111 Å². The van der Waals surface area contributed by atoms with Gasteiger partial charge in [-0.1, -0.05) is 6.08 Å². The van der Waals surface area contributed by atoms with Gasteiger partial charge < -0.3 is 21.1 Å².